The average Bonchev–Trinajstić information content (AvgIpc) is 3.16. The summed E-state index contributed by atoms with van der Waals surface area (Å²) in [4.78, 5) is 11.2. The number of ether oxygens (including phenoxy) is 1. The molecule has 1 aromatic heterocycles. The molecule has 2 fully saturated rings. The smallest absolute Gasteiger partial charge is 0.191 e. The standard InChI is InChI=1S/C18H29N5O.HI/c1-19-18(22-14-16-6-5-11-24-16)21-13-15-7-8-20-17(12-15)23-9-3-2-4-10-23;/h7-8,12,16H,2-6,9-11,13-14H2,1H3,(H2,19,21,22);1H. The first-order valence-electron chi connectivity index (χ1n) is 9.11. The maximum Gasteiger partial charge on any atom is 0.191 e. The molecule has 140 valence electrons. The van der Waals surface area contributed by atoms with Crippen molar-refractivity contribution in [3.05, 3.63) is 23.9 Å². The zero-order valence-electron chi connectivity index (χ0n) is 15.0. The summed E-state index contributed by atoms with van der Waals surface area (Å²) in [5, 5.41) is 6.72. The Kier molecular flexibility index (Phi) is 8.74. The van der Waals surface area contributed by atoms with Gasteiger partial charge >= 0.3 is 0 Å². The van der Waals surface area contributed by atoms with Gasteiger partial charge in [-0.1, -0.05) is 0 Å². The third-order valence-electron chi connectivity index (χ3n) is 4.69. The van der Waals surface area contributed by atoms with Crippen LogP contribution in [0, 0.1) is 0 Å². The summed E-state index contributed by atoms with van der Waals surface area (Å²) >= 11 is 0. The molecular weight excluding hydrogens is 429 g/mol. The summed E-state index contributed by atoms with van der Waals surface area (Å²) in [6.07, 6.45) is 8.39. The molecule has 3 rings (SSSR count). The van der Waals surface area contributed by atoms with Crippen molar-refractivity contribution in [1.29, 1.82) is 0 Å². The van der Waals surface area contributed by atoms with Crippen LogP contribution in [0.15, 0.2) is 23.3 Å². The molecule has 1 unspecified atom stereocenters. The Hall–Kier alpha value is -1.09. The van der Waals surface area contributed by atoms with E-state index in [1.54, 1.807) is 7.05 Å². The second-order valence-corrected chi connectivity index (χ2v) is 6.51. The number of nitrogens with zero attached hydrogens (tertiary/aromatic N) is 3. The Morgan fingerprint density at radius 3 is 2.84 bits per heavy atom. The number of aliphatic imine (C=N–C) groups is 1. The number of guanidine groups is 1. The van der Waals surface area contributed by atoms with Crippen molar-refractivity contribution < 1.29 is 4.74 Å². The predicted octanol–water partition coefficient (Wildman–Crippen LogP) is 2.53. The summed E-state index contributed by atoms with van der Waals surface area (Å²) in [6, 6.07) is 4.25. The van der Waals surface area contributed by atoms with Crippen LogP contribution in [0.4, 0.5) is 5.82 Å². The van der Waals surface area contributed by atoms with Crippen LogP contribution >= 0.6 is 24.0 Å². The summed E-state index contributed by atoms with van der Waals surface area (Å²) in [7, 11) is 1.80. The number of hydrogen-bond donors (Lipinski definition) is 2. The molecule has 0 radical (unpaired) electrons. The predicted molar refractivity (Wildman–Crippen MR) is 113 cm³/mol. The number of halogens is 1. The normalized spacial score (nSPS) is 20.9. The van der Waals surface area contributed by atoms with Gasteiger partial charge < -0.3 is 20.3 Å². The van der Waals surface area contributed by atoms with Crippen LogP contribution < -0.4 is 15.5 Å². The van der Waals surface area contributed by atoms with E-state index < -0.39 is 0 Å². The minimum Gasteiger partial charge on any atom is -0.376 e. The van der Waals surface area contributed by atoms with Gasteiger partial charge in [0.1, 0.15) is 5.82 Å². The maximum absolute atomic E-state index is 5.63. The van der Waals surface area contributed by atoms with Crippen LogP contribution in [0.1, 0.15) is 37.7 Å². The SMILES string of the molecule is CN=C(NCc1ccnc(N2CCCCC2)c1)NCC1CCCO1.I. The first-order chi connectivity index (χ1) is 11.8. The van der Waals surface area contributed by atoms with Gasteiger partial charge in [0, 0.05) is 46.0 Å². The molecule has 0 aliphatic carbocycles. The minimum atomic E-state index is 0. The highest BCUT2D eigenvalue weighted by atomic mass is 127. The lowest BCUT2D eigenvalue weighted by Gasteiger charge is -2.28. The van der Waals surface area contributed by atoms with E-state index in [1.165, 1.54) is 24.8 Å². The highest BCUT2D eigenvalue weighted by Gasteiger charge is 2.15. The Bertz CT molecular complexity index is 542. The van der Waals surface area contributed by atoms with E-state index >= 15 is 0 Å². The number of pyridine rings is 1. The molecule has 2 saturated heterocycles. The monoisotopic (exact) mass is 459 g/mol. The van der Waals surface area contributed by atoms with E-state index in [4.69, 9.17) is 4.74 Å². The van der Waals surface area contributed by atoms with Crippen molar-refractivity contribution in [2.45, 2.75) is 44.8 Å². The number of nitrogens with one attached hydrogen (secondary N) is 2. The second-order valence-electron chi connectivity index (χ2n) is 6.51. The van der Waals surface area contributed by atoms with Crippen LogP contribution in [0.3, 0.4) is 0 Å². The number of rotatable bonds is 5. The molecule has 0 aromatic carbocycles. The zero-order chi connectivity index (χ0) is 16.6. The fraction of sp³-hybridized carbons (Fsp3) is 0.667. The van der Waals surface area contributed by atoms with Gasteiger partial charge in [-0.05, 0) is 49.8 Å². The molecule has 7 heteroatoms. The van der Waals surface area contributed by atoms with E-state index in [2.05, 4.69) is 37.6 Å². The minimum absolute atomic E-state index is 0. The third-order valence-corrected chi connectivity index (χ3v) is 4.69. The number of piperidine rings is 1. The van der Waals surface area contributed by atoms with Crippen LogP contribution in [0.2, 0.25) is 0 Å². The van der Waals surface area contributed by atoms with Gasteiger partial charge in [-0.25, -0.2) is 4.98 Å². The highest BCUT2D eigenvalue weighted by molar-refractivity contribution is 14.0. The van der Waals surface area contributed by atoms with E-state index in [1.807, 2.05) is 6.20 Å². The molecule has 1 aromatic rings. The fourth-order valence-electron chi connectivity index (χ4n) is 3.29. The quantitative estimate of drug-likeness (QED) is 0.403. The van der Waals surface area contributed by atoms with Crippen molar-refractivity contribution in [3.8, 4) is 0 Å². The number of aromatic nitrogens is 1. The van der Waals surface area contributed by atoms with Gasteiger partial charge in [0.05, 0.1) is 6.10 Å². The molecular formula is C18H30IN5O. The van der Waals surface area contributed by atoms with Gasteiger partial charge in [-0.2, -0.15) is 0 Å². The van der Waals surface area contributed by atoms with E-state index in [0.29, 0.717) is 6.10 Å². The van der Waals surface area contributed by atoms with E-state index in [-0.39, 0.29) is 24.0 Å². The molecule has 2 aliphatic rings. The Labute approximate surface area is 167 Å². The molecule has 1 atom stereocenters. The van der Waals surface area contributed by atoms with Crippen molar-refractivity contribution in [1.82, 2.24) is 15.6 Å². The van der Waals surface area contributed by atoms with Crippen molar-refractivity contribution in [2.75, 3.05) is 38.2 Å². The van der Waals surface area contributed by atoms with Gasteiger partial charge in [0.2, 0.25) is 0 Å². The molecule has 0 bridgehead atoms. The van der Waals surface area contributed by atoms with Crippen LogP contribution in [-0.2, 0) is 11.3 Å². The van der Waals surface area contributed by atoms with Crippen molar-refractivity contribution in [3.63, 3.8) is 0 Å². The molecule has 2 aliphatic heterocycles. The van der Waals surface area contributed by atoms with Crippen molar-refractivity contribution in [2.24, 2.45) is 4.99 Å². The fourth-order valence-corrected chi connectivity index (χ4v) is 3.29. The average molecular weight is 459 g/mol. The molecule has 0 spiro atoms. The first kappa shape index (κ1) is 20.2. The molecule has 0 saturated carbocycles. The molecule has 0 amide bonds. The Balaban J connectivity index is 0.00000225. The summed E-state index contributed by atoms with van der Waals surface area (Å²) in [6.45, 7) is 4.68. The van der Waals surface area contributed by atoms with Gasteiger partial charge in [-0.15, -0.1) is 24.0 Å². The molecule has 2 N–H and O–H groups in total. The summed E-state index contributed by atoms with van der Waals surface area (Å²) < 4.78 is 5.63. The second kappa shape index (κ2) is 10.8. The Morgan fingerprint density at radius 2 is 2.12 bits per heavy atom. The maximum atomic E-state index is 5.63. The van der Waals surface area contributed by atoms with Gasteiger partial charge in [0.15, 0.2) is 5.96 Å². The van der Waals surface area contributed by atoms with E-state index in [0.717, 1.165) is 57.4 Å². The largest absolute Gasteiger partial charge is 0.376 e. The van der Waals surface area contributed by atoms with Crippen molar-refractivity contribution >= 4 is 35.8 Å². The Morgan fingerprint density at radius 1 is 1.28 bits per heavy atom. The lowest BCUT2D eigenvalue weighted by atomic mass is 10.1. The molecule has 25 heavy (non-hydrogen) atoms. The summed E-state index contributed by atoms with van der Waals surface area (Å²) in [5.74, 6) is 1.91. The van der Waals surface area contributed by atoms with Crippen LogP contribution in [-0.4, -0.2) is 50.3 Å². The van der Waals surface area contributed by atoms with Gasteiger partial charge in [-0.3, -0.25) is 4.99 Å². The topological polar surface area (TPSA) is 61.8 Å². The van der Waals surface area contributed by atoms with E-state index in [9.17, 15) is 0 Å². The third kappa shape index (κ3) is 6.29. The van der Waals surface area contributed by atoms with Crippen LogP contribution in [0.5, 0.6) is 0 Å². The lowest BCUT2D eigenvalue weighted by molar-refractivity contribution is 0.114. The first-order valence-corrected chi connectivity index (χ1v) is 9.11. The highest BCUT2D eigenvalue weighted by Crippen LogP contribution is 2.18. The number of anilines is 1. The zero-order valence-corrected chi connectivity index (χ0v) is 17.4. The lowest BCUT2D eigenvalue weighted by Crippen LogP contribution is -2.40. The molecule has 6 nitrogen and oxygen atoms in total. The molecule has 3 heterocycles. The van der Waals surface area contributed by atoms with Gasteiger partial charge in [0.25, 0.3) is 0 Å². The number of hydrogen-bond acceptors (Lipinski definition) is 4. The summed E-state index contributed by atoms with van der Waals surface area (Å²) in [5.41, 5.74) is 1.23. The van der Waals surface area contributed by atoms with Crippen LogP contribution in [0.25, 0.3) is 0 Å².